The van der Waals surface area contributed by atoms with E-state index in [-0.39, 0.29) is 6.61 Å². The maximum absolute atomic E-state index is 12.4. The van der Waals surface area contributed by atoms with Crippen molar-refractivity contribution in [2.75, 3.05) is 13.2 Å². The van der Waals surface area contributed by atoms with E-state index in [1.54, 1.807) is 6.08 Å². The van der Waals surface area contributed by atoms with Gasteiger partial charge in [-0.15, -0.1) is 6.58 Å². The summed E-state index contributed by atoms with van der Waals surface area (Å²) >= 11 is 1.13. The minimum Gasteiger partial charge on any atom is -0.301 e. The maximum atomic E-state index is 12.4. The molecule has 0 spiro atoms. The van der Waals surface area contributed by atoms with Crippen molar-refractivity contribution in [3.63, 3.8) is 0 Å². The molecule has 1 aromatic carbocycles. The van der Waals surface area contributed by atoms with Crippen LogP contribution in [0.15, 0.2) is 47.9 Å². The third-order valence-electron chi connectivity index (χ3n) is 1.76. The van der Waals surface area contributed by atoms with Crippen molar-refractivity contribution in [3.05, 3.63) is 43.0 Å². The Bertz CT molecular complexity index is 381. The van der Waals surface area contributed by atoms with Crippen LogP contribution in [0, 0.1) is 0 Å². The molecule has 0 aromatic heterocycles. The molecule has 0 radical (unpaired) electrons. The van der Waals surface area contributed by atoms with Crippen LogP contribution in [-0.2, 0) is 13.6 Å². The van der Waals surface area contributed by atoms with Gasteiger partial charge < -0.3 is 4.52 Å². The summed E-state index contributed by atoms with van der Waals surface area (Å²) < 4.78 is 23.0. The van der Waals surface area contributed by atoms with E-state index < -0.39 is 6.80 Å². The van der Waals surface area contributed by atoms with E-state index in [0.717, 1.165) is 22.7 Å². The second kappa shape index (κ2) is 7.72. The minimum absolute atomic E-state index is 0.223. The van der Waals surface area contributed by atoms with Gasteiger partial charge in [0.25, 0.3) is 0 Å². The molecule has 0 heterocycles. The summed E-state index contributed by atoms with van der Waals surface area (Å²) in [6.07, 6.45) is 2.37. The average molecular weight is 272 g/mol. The summed E-state index contributed by atoms with van der Waals surface area (Å²) in [7, 11) is 0. The lowest BCUT2D eigenvalue weighted by atomic mass is 10.4. The molecular weight excluding hydrogens is 255 g/mol. The summed E-state index contributed by atoms with van der Waals surface area (Å²) in [5.74, 6) is 0. The fraction of sp³-hybridized carbons (Fsp3) is 0.333. The summed E-state index contributed by atoms with van der Waals surface area (Å²) in [5.41, 5.74) is 0. The highest BCUT2D eigenvalue weighted by Gasteiger charge is 2.25. The van der Waals surface area contributed by atoms with Gasteiger partial charge in [0.1, 0.15) is 0 Å². The fourth-order valence-electron chi connectivity index (χ4n) is 1.05. The van der Waals surface area contributed by atoms with Crippen molar-refractivity contribution in [1.29, 1.82) is 0 Å². The van der Waals surface area contributed by atoms with Crippen LogP contribution in [0.2, 0.25) is 0 Å². The molecule has 0 fully saturated rings. The Labute approximate surface area is 106 Å². The summed E-state index contributed by atoms with van der Waals surface area (Å²) in [5, 5.41) is 0. The van der Waals surface area contributed by atoms with Crippen LogP contribution in [-0.4, -0.2) is 13.2 Å². The predicted molar refractivity (Wildman–Crippen MR) is 72.3 cm³/mol. The predicted octanol–water partition coefficient (Wildman–Crippen LogP) is 4.52. The van der Waals surface area contributed by atoms with Crippen LogP contribution in [0.5, 0.6) is 0 Å². The molecule has 17 heavy (non-hydrogen) atoms. The van der Waals surface area contributed by atoms with Gasteiger partial charge in [-0.1, -0.05) is 31.2 Å². The zero-order chi connectivity index (χ0) is 12.6. The third kappa shape index (κ3) is 5.55. The topological polar surface area (TPSA) is 35.5 Å². The Morgan fingerprint density at radius 1 is 1.35 bits per heavy atom. The van der Waals surface area contributed by atoms with E-state index in [4.69, 9.17) is 9.05 Å². The Morgan fingerprint density at radius 2 is 2.06 bits per heavy atom. The van der Waals surface area contributed by atoms with E-state index >= 15 is 0 Å². The lowest BCUT2D eigenvalue weighted by molar-refractivity contribution is 0.235. The van der Waals surface area contributed by atoms with Crippen LogP contribution in [0.3, 0.4) is 0 Å². The molecule has 1 atom stereocenters. The Morgan fingerprint density at radius 3 is 2.65 bits per heavy atom. The van der Waals surface area contributed by atoms with Gasteiger partial charge in [-0.2, -0.15) is 0 Å². The first-order valence-electron chi connectivity index (χ1n) is 5.45. The summed E-state index contributed by atoms with van der Waals surface area (Å²) in [4.78, 5) is 0.871. The van der Waals surface area contributed by atoms with Crippen LogP contribution in [0.25, 0.3) is 0 Å². The van der Waals surface area contributed by atoms with E-state index in [0.29, 0.717) is 6.61 Å². The van der Waals surface area contributed by atoms with Crippen LogP contribution >= 0.6 is 18.2 Å². The van der Waals surface area contributed by atoms with Crippen LogP contribution in [0.4, 0.5) is 0 Å². The number of hydrogen-bond acceptors (Lipinski definition) is 4. The van der Waals surface area contributed by atoms with E-state index in [2.05, 4.69) is 6.58 Å². The van der Waals surface area contributed by atoms with Crippen LogP contribution < -0.4 is 0 Å². The number of benzene rings is 1. The van der Waals surface area contributed by atoms with Gasteiger partial charge in [0.2, 0.25) is 0 Å². The first-order chi connectivity index (χ1) is 8.20. The highest BCUT2D eigenvalue weighted by atomic mass is 32.7. The Hall–Kier alpha value is -0.540. The fourth-order valence-corrected chi connectivity index (χ4v) is 4.32. The first-order valence-corrected chi connectivity index (χ1v) is 8.41. The summed E-state index contributed by atoms with van der Waals surface area (Å²) in [6.45, 7) is 3.02. The van der Waals surface area contributed by atoms with Crippen LogP contribution in [0.1, 0.15) is 13.3 Å². The average Bonchev–Trinajstić information content (AvgIpc) is 2.35. The monoisotopic (exact) mass is 272 g/mol. The number of hydrogen-bond donors (Lipinski definition) is 0. The number of rotatable bonds is 8. The molecule has 1 rings (SSSR count). The van der Waals surface area contributed by atoms with Gasteiger partial charge in [0, 0.05) is 4.90 Å². The molecular formula is C12H17O3PS. The van der Waals surface area contributed by atoms with Gasteiger partial charge in [-0.05, 0) is 29.9 Å². The van der Waals surface area contributed by atoms with Crippen molar-refractivity contribution in [2.45, 2.75) is 18.2 Å². The lowest BCUT2D eigenvalue weighted by Crippen LogP contribution is -1.94. The molecule has 0 N–H and O–H groups in total. The first kappa shape index (κ1) is 14.5. The largest absolute Gasteiger partial charge is 0.394 e. The molecule has 0 bridgehead atoms. The summed E-state index contributed by atoms with van der Waals surface area (Å²) in [6, 6.07) is 9.44. The molecule has 5 heteroatoms. The zero-order valence-corrected chi connectivity index (χ0v) is 11.6. The smallest absolute Gasteiger partial charge is 0.301 e. The highest BCUT2D eigenvalue weighted by Crippen LogP contribution is 2.63. The van der Waals surface area contributed by atoms with Crippen molar-refractivity contribution in [3.8, 4) is 0 Å². The molecule has 1 aromatic rings. The Kier molecular flexibility index (Phi) is 6.60. The molecule has 0 aliphatic heterocycles. The molecule has 0 aliphatic rings. The lowest BCUT2D eigenvalue weighted by Gasteiger charge is -2.16. The molecule has 0 saturated carbocycles. The standard InChI is InChI=1S/C12H17O3PS/c1-3-10-14-16(13,15-11-4-2)17-12-8-6-5-7-9-12/h3,5-9H,1,4,10-11H2,2H3. The molecule has 0 aliphatic carbocycles. The minimum atomic E-state index is -3.13. The van der Waals surface area contributed by atoms with E-state index in [9.17, 15) is 4.57 Å². The zero-order valence-electron chi connectivity index (χ0n) is 9.87. The van der Waals surface area contributed by atoms with E-state index in [1.165, 1.54) is 0 Å². The Balaban J connectivity index is 2.68. The SMILES string of the molecule is C=CCOP(=O)(OCCC)Sc1ccccc1. The molecule has 1 unspecified atom stereocenters. The van der Waals surface area contributed by atoms with Gasteiger partial charge in [0.15, 0.2) is 0 Å². The van der Waals surface area contributed by atoms with Gasteiger partial charge in [0.05, 0.1) is 13.2 Å². The van der Waals surface area contributed by atoms with E-state index in [1.807, 2.05) is 37.3 Å². The second-order valence-corrected chi connectivity index (χ2v) is 7.22. The van der Waals surface area contributed by atoms with Crippen molar-refractivity contribution >= 4 is 18.2 Å². The molecule has 0 saturated heterocycles. The normalized spacial score (nSPS) is 14.2. The molecule has 94 valence electrons. The van der Waals surface area contributed by atoms with Crippen molar-refractivity contribution in [2.24, 2.45) is 0 Å². The quantitative estimate of drug-likeness (QED) is 0.515. The molecule has 3 nitrogen and oxygen atoms in total. The molecule has 0 amide bonds. The highest BCUT2D eigenvalue weighted by molar-refractivity contribution is 8.55. The van der Waals surface area contributed by atoms with Crippen molar-refractivity contribution < 1.29 is 13.6 Å². The van der Waals surface area contributed by atoms with Gasteiger partial charge >= 0.3 is 6.80 Å². The van der Waals surface area contributed by atoms with Gasteiger partial charge in [-0.3, -0.25) is 4.52 Å². The van der Waals surface area contributed by atoms with Crippen molar-refractivity contribution in [1.82, 2.24) is 0 Å². The third-order valence-corrected chi connectivity index (χ3v) is 5.37. The van der Waals surface area contributed by atoms with Gasteiger partial charge in [-0.25, -0.2) is 4.57 Å². The maximum Gasteiger partial charge on any atom is 0.394 e. The second-order valence-electron chi connectivity index (χ2n) is 3.27.